The molecule has 0 radical (unpaired) electrons. The van der Waals surface area contributed by atoms with Crippen molar-refractivity contribution in [3.63, 3.8) is 0 Å². The van der Waals surface area contributed by atoms with E-state index in [0.717, 1.165) is 64.0 Å². The first-order valence-electron chi connectivity index (χ1n) is 15.4. The molecule has 3 heterocycles. The van der Waals surface area contributed by atoms with Gasteiger partial charge in [-0.15, -0.1) is 0 Å². The highest BCUT2D eigenvalue weighted by Gasteiger charge is 2.47. The van der Waals surface area contributed by atoms with Gasteiger partial charge in [0, 0.05) is 48.7 Å². The first-order chi connectivity index (χ1) is 21.3. The number of nitrogens with two attached hydrogens (primary N) is 1. The van der Waals surface area contributed by atoms with E-state index in [2.05, 4.69) is 33.4 Å². The summed E-state index contributed by atoms with van der Waals surface area (Å²) in [7, 11) is 5.12. The minimum absolute atomic E-state index is 0.00662. The van der Waals surface area contributed by atoms with Gasteiger partial charge in [-0.2, -0.15) is 0 Å². The zero-order valence-corrected chi connectivity index (χ0v) is 25.2. The van der Waals surface area contributed by atoms with Crippen LogP contribution < -0.4 is 15.2 Å². The number of amides is 1. The molecule has 2 aromatic heterocycles. The lowest BCUT2D eigenvalue weighted by atomic mass is 10.0. The van der Waals surface area contributed by atoms with E-state index in [1.165, 1.54) is 26.0 Å². The summed E-state index contributed by atoms with van der Waals surface area (Å²) in [6.07, 6.45) is 4.47. The number of ether oxygens (including phenoxy) is 2. The molecule has 8 rings (SSSR count). The van der Waals surface area contributed by atoms with Crippen LogP contribution in [0.25, 0.3) is 44.6 Å². The summed E-state index contributed by atoms with van der Waals surface area (Å²) in [5.74, 6) is 2.28. The van der Waals surface area contributed by atoms with Gasteiger partial charge in [0.05, 0.1) is 25.4 Å². The second-order valence-electron chi connectivity index (χ2n) is 12.7. The second-order valence-corrected chi connectivity index (χ2v) is 12.7. The lowest BCUT2D eigenvalue weighted by Gasteiger charge is -2.27. The summed E-state index contributed by atoms with van der Waals surface area (Å²) in [6, 6.07) is 17.4. The number of benzene rings is 3. The number of aryl methyl sites for hydroxylation is 1. The molecule has 0 spiro atoms. The Hall–Kier alpha value is -4.37. The summed E-state index contributed by atoms with van der Waals surface area (Å²) < 4.78 is 29.7. The van der Waals surface area contributed by atoms with Crippen molar-refractivity contribution in [2.24, 2.45) is 24.6 Å². The zero-order chi connectivity index (χ0) is 30.3. The number of piperidine rings is 1. The summed E-state index contributed by atoms with van der Waals surface area (Å²) in [5.41, 5.74) is 12.6. The maximum absolute atomic E-state index is 14.1. The average molecular weight is 594 g/mol. The maximum Gasteiger partial charge on any atom is 0.254 e. The molecule has 3 unspecified atom stereocenters. The fourth-order valence-electron chi connectivity index (χ4n) is 7.48. The van der Waals surface area contributed by atoms with Crippen molar-refractivity contribution in [1.82, 2.24) is 19.0 Å². The van der Waals surface area contributed by atoms with Gasteiger partial charge in [0.2, 0.25) is 0 Å². The molecule has 2 aliphatic carbocycles. The predicted molar refractivity (Wildman–Crippen MR) is 168 cm³/mol. The summed E-state index contributed by atoms with van der Waals surface area (Å²) in [4.78, 5) is 20.8. The van der Waals surface area contributed by atoms with Crippen LogP contribution in [-0.2, 0) is 13.6 Å². The molecule has 5 aromatic rings. The number of fused-ring (bicyclic) bond motifs is 4. The average Bonchev–Trinajstić information content (AvgIpc) is 3.44. The number of carbonyl (C=O) groups excluding carboxylic acids is 1. The first-order valence-corrected chi connectivity index (χ1v) is 15.4. The molecule has 3 aromatic carbocycles. The molecule has 2 saturated carbocycles. The molecular weight excluding hydrogens is 557 g/mol. The number of halogens is 1. The van der Waals surface area contributed by atoms with Gasteiger partial charge in [0.15, 0.2) is 17.4 Å². The molecule has 2 N–H and O–H groups in total. The Morgan fingerprint density at radius 2 is 1.75 bits per heavy atom. The Balaban J connectivity index is 1.24. The maximum atomic E-state index is 14.1. The molecule has 3 atom stereocenters. The van der Waals surface area contributed by atoms with Crippen molar-refractivity contribution in [1.29, 1.82) is 0 Å². The Kier molecular flexibility index (Phi) is 6.24. The number of hydrogen-bond donors (Lipinski definition) is 1. The van der Waals surface area contributed by atoms with Crippen molar-refractivity contribution < 1.29 is 18.7 Å². The molecule has 3 fully saturated rings. The number of nitrogens with zero attached hydrogens (tertiary/aromatic N) is 4. The lowest BCUT2D eigenvalue weighted by Crippen LogP contribution is -2.41. The van der Waals surface area contributed by atoms with Crippen molar-refractivity contribution in [3.8, 4) is 34.1 Å². The third-order valence-electron chi connectivity index (χ3n) is 10.1. The van der Waals surface area contributed by atoms with Gasteiger partial charge in [-0.05, 0) is 85.0 Å². The van der Waals surface area contributed by atoms with Crippen LogP contribution in [0.15, 0.2) is 54.6 Å². The number of rotatable bonds is 7. The van der Waals surface area contributed by atoms with E-state index in [9.17, 15) is 9.18 Å². The van der Waals surface area contributed by atoms with E-state index in [4.69, 9.17) is 20.2 Å². The molecule has 2 bridgehead atoms. The van der Waals surface area contributed by atoms with Gasteiger partial charge in [-0.1, -0.05) is 18.2 Å². The van der Waals surface area contributed by atoms with Crippen molar-refractivity contribution in [2.45, 2.75) is 44.3 Å². The number of likely N-dealkylation sites (tertiary alicyclic amines) is 1. The van der Waals surface area contributed by atoms with Crippen LogP contribution in [0.3, 0.4) is 0 Å². The quantitative estimate of drug-likeness (QED) is 0.251. The molecule has 226 valence electrons. The van der Waals surface area contributed by atoms with Crippen LogP contribution in [-0.4, -0.2) is 57.8 Å². The molecule has 1 aliphatic heterocycles. The Labute approximate surface area is 255 Å². The molecular formula is C35H36FN5O3. The van der Waals surface area contributed by atoms with Crippen molar-refractivity contribution in [2.75, 3.05) is 20.8 Å². The van der Waals surface area contributed by atoms with Gasteiger partial charge in [0.1, 0.15) is 11.3 Å². The molecule has 44 heavy (non-hydrogen) atoms. The highest BCUT2D eigenvalue weighted by atomic mass is 19.1. The van der Waals surface area contributed by atoms with Gasteiger partial charge >= 0.3 is 0 Å². The monoisotopic (exact) mass is 593 g/mol. The Morgan fingerprint density at radius 3 is 2.45 bits per heavy atom. The fourth-order valence-corrected chi connectivity index (χ4v) is 7.48. The first kappa shape index (κ1) is 27.2. The van der Waals surface area contributed by atoms with E-state index in [-0.39, 0.29) is 29.6 Å². The van der Waals surface area contributed by atoms with E-state index in [1.54, 1.807) is 19.2 Å². The lowest BCUT2D eigenvalue weighted by molar-refractivity contribution is 0.0700. The third-order valence-corrected chi connectivity index (χ3v) is 10.1. The molecule has 3 aliphatic rings. The van der Waals surface area contributed by atoms with Crippen molar-refractivity contribution >= 4 is 27.8 Å². The van der Waals surface area contributed by atoms with E-state index >= 15 is 0 Å². The SMILES string of the molecule is COc1cc(-c2ccc3cc(-c4nc5cc(C(=O)N6CC7CCC6C7N)cc(OC)c5n4C)n(CC4CC4)c3c2)ccc1F. The van der Waals surface area contributed by atoms with Gasteiger partial charge in [-0.25, -0.2) is 9.37 Å². The highest BCUT2D eigenvalue weighted by molar-refractivity contribution is 6.00. The van der Waals surface area contributed by atoms with E-state index in [0.29, 0.717) is 29.7 Å². The van der Waals surface area contributed by atoms with Crippen LogP contribution in [0.5, 0.6) is 11.5 Å². The van der Waals surface area contributed by atoms with Crippen LogP contribution >= 0.6 is 0 Å². The summed E-state index contributed by atoms with van der Waals surface area (Å²) >= 11 is 0. The number of imidazole rings is 1. The fraction of sp³-hybridized carbons (Fsp3) is 0.371. The topological polar surface area (TPSA) is 87.5 Å². The third kappa shape index (κ3) is 4.20. The summed E-state index contributed by atoms with van der Waals surface area (Å²) in [6.45, 7) is 1.60. The van der Waals surface area contributed by atoms with E-state index < -0.39 is 0 Å². The second kappa shape index (κ2) is 10.1. The molecule has 1 saturated heterocycles. The van der Waals surface area contributed by atoms with Crippen LogP contribution in [0.2, 0.25) is 0 Å². The standard InChI is InChI=1S/C35H36FN5O3/c1-39-33-26(12-24(16-31(33)44-3)35(42)41-18-23-9-11-27(41)32(23)37)38-34(39)29-14-22-7-6-20(13-28(22)40(29)17-19-4-5-19)21-8-10-25(36)30(15-21)43-2/h6-8,10,12-16,19,23,27,32H,4-5,9,11,17-18,37H2,1-3H3. The Bertz CT molecular complexity index is 1960. The van der Waals surface area contributed by atoms with Gasteiger partial charge in [-0.3, -0.25) is 4.79 Å². The zero-order valence-electron chi connectivity index (χ0n) is 25.2. The molecule has 9 heteroatoms. The minimum atomic E-state index is -0.380. The molecule has 1 amide bonds. The van der Waals surface area contributed by atoms with E-state index in [1.807, 2.05) is 24.1 Å². The minimum Gasteiger partial charge on any atom is -0.494 e. The number of aromatic nitrogens is 3. The van der Waals surface area contributed by atoms with Crippen LogP contribution in [0.4, 0.5) is 4.39 Å². The van der Waals surface area contributed by atoms with Crippen LogP contribution in [0, 0.1) is 17.7 Å². The Morgan fingerprint density at radius 1 is 0.977 bits per heavy atom. The number of methoxy groups -OCH3 is 2. The summed E-state index contributed by atoms with van der Waals surface area (Å²) in [5, 5.41) is 1.11. The smallest absolute Gasteiger partial charge is 0.254 e. The number of carbonyl (C=O) groups is 1. The largest absolute Gasteiger partial charge is 0.494 e. The predicted octanol–water partition coefficient (Wildman–Crippen LogP) is 5.99. The normalized spacial score (nSPS) is 21.1. The van der Waals surface area contributed by atoms with Crippen molar-refractivity contribution in [3.05, 3.63) is 66.0 Å². The highest BCUT2D eigenvalue weighted by Crippen LogP contribution is 2.41. The van der Waals surface area contributed by atoms with Gasteiger partial charge in [0.25, 0.3) is 5.91 Å². The van der Waals surface area contributed by atoms with Crippen LogP contribution in [0.1, 0.15) is 36.0 Å². The number of hydrogen-bond acceptors (Lipinski definition) is 5. The van der Waals surface area contributed by atoms with Gasteiger partial charge < -0.3 is 29.2 Å². The molecule has 8 nitrogen and oxygen atoms in total.